The molecule has 0 radical (unpaired) electrons. The summed E-state index contributed by atoms with van der Waals surface area (Å²) in [4.78, 5) is 40.7. The topological polar surface area (TPSA) is 90.0 Å². The van der Waals surface area contributed by atoms with E-state index in [2.05, 4.69) is 37.9 Å². The van der Waals surface area contributed by atoms with Crippen LogP contribution in [0.25, 0.3) is 0 Å². The number of piperidine rings is 1. The van der Waals surface area contributed by atoms with Crippen LogP contribution in [0, 0.1) is 5.41 Å². The largest absolute Gasteiger partial charge is 0.478 e. The van der Waals surface area contributed by atoms with Gasteiger partial charge in [-0.2, -0.15) is 0 Å². The van der Waals surface area contributed by atoms with Gasteiger partial charge in [0.15, 0.2) is 0 Å². The Balaban J connectivity index is 0.00000282. The Labute approximate surface area is 189 Å². The van der Waals surface area contributed by atoms with Gasteiger partial charge in [0, 0.05) is 25.2 Å². The van der Waals surface area contributed by atoms with Crippen LogP contribution < -0.4 is 5.32 Å². The Bertz CT molecular complexity index is 623. The first-order valence-electron chi connectivity index (χ1n) is 11.5. The number of carboxylic acids is 1. The predicted molar refractivity (Wildman–Crippen MR) is 126 cm³/mol. The molecule has 1 saturated heterocycles. The maximum Gasteiger partial charge on any atom is 0.331 e. The minimum Gasteiger partial charge on any atom is -0.478 e. The minimum absolute atomic E-state index is 0.104. The molecule has 1 rings (SSSR count). The predicted octanol–water partition coefficient (Wildman–Crippen LogP) is 3.69. The average Bonchev–Trinajstić information content (AvgIpc) is 2.68. The molecule has 1 aliphatic heterocycles. The first kappa shape index (κ1) is 29.1. The Morgan fingerprint density at radius 2 is 1.74 bits per heavy atom. The van der Waals surface area contributed by atoms with E-state index in [4.69, 9.17) is 5.11 Å². The molecular weight excluding hydrogens is 394 g/mol. The monoisotopic (exact) mass is 439 g/mol. The van der Waals surface area contributed by atoms with E-state index in [1.54, 1.807) is 7.05 Å². The fourth-order valence-corrected chi connectivity index (χ4v) is 3.41. The van der Waals surface area contributed by atoms with Crippen LogP contribution in [-0.2, 0) is 14.4 Å². The highest BCUT2D eigenvalue weighted by Gasteiger charge is 2.38. The molecule has 7 nitrogen and oxygen atoms in total. The molecule has 1 heterocycles. The number of nitrogens with zero attached hydrogens (tertiary/aromatic N) is 2. The van der Waals surface area contributed by atoms with Gasteiger partial charge in [-0.25, -0.2) is 4.79 Å². The Morgan fingerprint density at radius 1 is 1.19 bits per heavy atom. The Morgan fingerprint density at radius 3 is 2.19 bits per heavy atom. The van der Waals surface area contributed by atoms with E-state index in [0.717, 1.165) is 25.8 Å². The van der Waals surface area contributed by atoms with Crippen molar-refractivity contribution in [1.82, 2.24) is 15.1 Å². The van der Waals surface area contributed by atoms with Crippen LogP contribution in [0.4, 0.5) is 0 Å². The van der Waals surface area contributed by atoms with E-state index in [1.807, 2.05) is 20.8 Å². The van der Waals surface area contributed by atoms with E-state index >= 15 is 0 Å². The van der Waals surface area contributed by atoms with Crippen molar-refractivity contribution < 1.29 is 19.5 Å². The molecule has 180 valence electrons. The maximum absolute atomic E-state index is 13.0. The number of aliphatic carboxylic acids is 1. The number of likely N-dealkylation sites (tertiary alicyclic amines) is 1. The van der Waals surface area contributed by atoms with Crippen LogP contribution in [0.2, 0.25) is 0 Å². The highest BCUT2D eigenvalue weighted by atomic mass is 16.4. The van der Waals surface area contributed by atoms with Gasteiger partial charge in [0.2, 0.25) is 11.8 Å². The number of carboxylic acid groups (broad SMARTS) is 1. The molecule has 7 heteroatoms. The van der Waals surface area contributed by atoms with Gasteiger partial charge in [-0.1, -0.05) is 53.5 Å². The van der Waals surface area contributed by atoms with Crippen LogP contribution in [-0.4, -0.2) is 71.0 Å². The molecule has 0 aromatic heterocycles. The lowest BCUT2D eigenvalue weighted by Gasteiger charge is -2.40. The molecular formula is C24H45N3O4. The molecule has 31 heavy (non-hydrogen) atoms. The quantitative estimate of drug-likeness (QED) is 0.591. The lowest BCUT2D eigenvalue weighted by Crippen LogP contribution is -2.59. The third-order valence-electron chi connectivity index (χ3n) is 5.29. The number of amides is 2. The highest BCUT2D eigenvalue weighted by Crippen LogP contribution is 2.24. The molecule has 0 aromatic carbocycles. The molecule has 0 saturated carbocycles. The maximum atomic E-state index is 13.0. The fraction of sp³-hybridized carbons (Fsp3) is 0.792. The van der Waals surface area contributed by atoms with Gasteiger partial charge in [-0.05, 0) is 45.6 Å². The van der Waals surface area contributed by atoms with E-state index in [0.29, 0.717) is 0 Å². The van der Waals surface area contributed by atoms with Gasteiger partial charge in [0.25, 0.3) is 0 Å². The minimum atomic E-state index is -1.01. The second kappa shape index (κ2) is 13.5. The highest BCUT2D eigenvalue weighted by molar-refractivity contribution is 5.90. The van der Waals surface area contributed by atoms with Crippen molar-refractivity contribution in [3.8, 4) is 0 Å². The second-order valence-electron chi connectivity index (χ2n) is 9.77. The number of hydrogen-bond donors (Lipinski definition) is 2. The summed E-state index contributed by atoms with van der Waals surface area (Å²) in [6.45, 7) is 16.7. The number of nitrogens with one attached hydrogen (secondary N) is 1. The van der Waals surface area contributed by atoms with Crippen LogP contribution in [0.5, 0.6) is 0 Å². The van der Waals surface area contributed by atoms with Crippen molar-refractivity contribution >= 4 is 17.8 Å². The van der Waals surface area contributed by atoms with Crippen molar-refractivity contribution in [1.29, 1.82) is 0 Å². The van der Waals surface area contributed by atoms with Crippen LogP contribution in [0.1, 0.15) is 81.1 Å². The molecule has 1 fully saturated rings. The number of rotatable bonds is 7. The van der Waals surface area contributed by atoms with Crippen LogP contribution in [0.3, 0.4) is 0 Å². The standard InChI is InChI=1S/C21H37N3O4.C3H8/c1-14(2)24-12-9-8-10-16(24)18(25)22-17(21(4,5)6)19(26)23(7)13-11-15(3)20(27)28;1-3-2/h11,14,16-17H,8-10,12-13H2,1-7H3,(H,22,25)(H,27,28);3H2,1-2H3/b15-11+;/t16-,17?;/m1./s1. The van der Waals surface area contributed by atoms with Crippen LogP contribution >= 0.6 is 0 Å². The first-order valence-corrected chi connectivity index (χ1v) is 11.5. The fourth-order valence-electron chi connectivity index (χ4n) is 3.41. The average molecular weight is 440 g/mol. The van der Waals surface area contributed by atoms with E-state index < -0.39 is 17.4 Å². The number of likely N-dealkylation sites (N-methyl/N-ethyl adjacent to an activating group) is 1. The van der Waals surface area contributed by atoms with Crippen molar-refractivity contribution in [2.45, 2.75) is 99.2 Å². The number of carbonyl (C=O) groups is 3. The van der Waals surface area contributed by atoms with Gasteiger partial charge in [0.05, 0.1) is 6.04 Å². The van der Waals surface area contributed by atoms with Crippen LogP contribution in [0.15, 0.2) is 11.6 Å². The second-order valence-corrected chi connectivity index (χ2v) is 9.77. The summed E-state index contributed by atoms with van der Waals surface area (Å²) < 4.78 is 0. The molecule has 1 aliphatic rings. The SMILES string of the molecule is C/C(=C\CN(C)C(=O)C(NC(=O)[C@H]1CCCCN1C(C)C)C(C)(C)C)C(=O)O.CCC. The third kappa shape index (κ3) is 9.85. The normalized spacial score (nSPS) is 18.6. The van der Waals surface area contributed by atoms with Crippen molar-refractivity contribution in [3.63, 3.8) is 0 Å². The summed E-state index contributed by atoms with van der Waals surface area (Å²) in [6.07, 6.45) is 5.64. The van der Waals surface area contributed by atoms with E-state index in [1.165, 1.54) is 24.3 Å². The van der Waals surface area contributed by atoms with Crippen molar-refractivity contribution in [2.75, 3.05) is 20.1 Å². The summed E-state index contributed by atoms with van der Waals surface area (Å²) >= 11 is 0. The first-order chi connectivity index (χ1) is 14.3. The zero-order valence-corrected chi connectivity index (χ0v) is 21.1. The number of carbonyl (C=O) groups excluding carboxylic acids is 2. The van der Waals surface area contributed by atoms with E-state index in [9.17, 15) is 14.4 Å². The summed E-state index contributed by atoms with van der Waals surface area (Å²) in [6, 6.07) is -0.628. The molecule has 2 amide bonds. The van der Waals surface area contributed by atoms with Crippen molar-refractivity contribution in [3.05, 3.63) is 11.6 Å². The smallest absolute Gasteiger partial charge is 0.331 e. The van der Waals surface area contributed by atoms with E-state index in [-0.39, 0.29) is 36.0 Å². The molecule has 0 aliphatic carbocycles. The lowest BCUT2D eigenvalue weighted by atomic mass is 9.85. The van der Waals surface area contributed by atoms with Gasteiger partial charge in [-0.3, -0.25) is 14.5 Å². The summed E-state index contributed by atoms with van der Waals surface area (Å²) in [5.41, 5.74) is -0.282. The van der Waals surface area contributed by atoms with Gasteiger partial charge in [0.1, 0.15) is 6.04 Å². The molecule has 2 atom stereocenters. The molecule has 0 aromatic rings. The van der Waals surface area contributed by atoms with Gasteiger partial charge < -0.3 is 15.3 Å². The van der Waals surface area contributed by atoms with Crippen molar-refractivity contribution in [2.24, 2.45) is 5.41 Å². The van der Waals surface area contributed by atoms with Gasteiger partial charge >= 0.3 is 5.97 Å². The molecule has 2 N–H and O–H groups in total. The molecule has 1 unspecified atom stereocenters. The molecule has 0 spiro atoms. The van der Waals surface area contributed by atoms with Gasteiger partial charge in [-0.15, -0.1) is 0 Å². The summed E-state index contributed by atoms with van der Waals surface area (Å²) in [5.74, 6) is -1.33. The zero-order chi connectivity index (χ0) is 24.4. The lowest BCUT2D eigenvalue weighted by molar-refractivity contribution is -0.140. The number of hydrogen-bond acceptors (Lipinski definition) is 4. The summed E-state index contributed by atoms with van der Waals surface area (Å²) in [7, 11) is 1.62. The summed E-state index contributed by atoms with van der Waals surface area (Å²) in [5, 5.41) is 12.0. The molecule has 0 bridgehead atoms. The third-order valence-corrected chi connectivity index (χ3v) is 5.29. The Kier molecular flexibility index (Phi) is 12.7. The Hall–Kier alpha value is -1.89. The zero-order valence-electron chi connectivity index (χ0n) is 21.1.